The second kappa shape index (κ2) is 4.93. The largest absolute Gasteiger partial charge is 0.324 e. The lowest BCUT2D eigenvalue weighted by atomic mass is 10.1. The standard InChI is InChI=1S/C13H13IN4O/c1-2-15-12-10-4-3-9(5-11(10)17-13(12)19)18-7-8(14)6-16-18/h3-7,12,15H,2H2,1H3,(H,17,19). The van der Waals surface area contributed by atoms with E-state index in [9.17, 15) is 4.79 Å². The monoisotopic (exact) mass is 368 g/mol. The van der Waals surface area contributed by atoms with Gasteiger partial charge in [0.15, 0.2) is 0 Å². The summed E-state index contributed by atoms with van der Waals surface area (Å²) in [6.45, 7) is 2.75. The Labute approximate surface area is 124 Å². The van der Waals surface area contributed by atoms with E-state index >= 15 is 0 Å². The van der Waals surface area contributed by atoms with Gasteiger partial charge < -0.3 is 10.6 Å². The Kier molecular flexibility index (Phi) is 3.28. The normalized spacial score (nSPS) is 17.4. The van der Waals surface area contributed by atoms with Crippen molar-refractivity contribution in [2.75, 3.05) is 11.9 Å². The van der Waals surface area contributed by atoms with Gasteiger partial charge in [0.05, 0.1) is 15.5 Å². The van der Waals surface area contributed by atoms with Crippen LogP contribution in [0.1, 0.15) is 18.5 Å². The van der Waals surface area contributed by atoms with E-state index < -0.39 is 0 Å². The van der Waals surface area contributed by atoms with E-state index in [0.717, 1.165) is 27.1 Å². The topological polar surface area (TPSA) is 59.0 Å². The van der Waals surface area contributed by atoms with Crippen molar-refractivity contribution in [2.24, 2.45) is 0 Å². The minimum Gasteiger partial charge on any atom is -0.324 e. The minimum atomic E-state index is -0.244. The van der Waals surface area contributed by atoms with Crippen LogP contribution in [0.2, 0.25) is 0 Å². The molecule has 0 aliphatic carbocycles. The van der Waals surface area contributed by atoms with Gasteiger partial charge in [0.2, 0.25) is 5.91 Å². The number of hydrogen-bond acceptors (Lipinski definition) is 3. The Morgan fingerprint density at radius 3 is 3.05 bits per heavy atom. The number of hydrogen-bond donors (Lipinski definition) is 2. The Morgan fingerprint density at radius 2 is 2.37 bits per heavy atom. The maximum atomic E-state index is 11.9. The Bertz CT molecular complexity index is 637. The van der Waals surface area contributed by atoms with Crippen LogP contribution >= 0.6 is 22.6 Å². The lowest BCUT2D eigenvalue weighted by Crippen LogP contribution is -2.27. The molecule has 19 heavy (non-hydrogen) atoms. The molecule has 1 aromatic heterocycles. The molecule has 0 saturated heterocycles. The summed E-state index contributed by atoms with van der Waals surface area (Å²) in [5, 5.41) is 10.3. The van der Waals surface area contributed by atoms with Gasteiger partial charge in [-0.15, -0.1) is 0 Å². The van der Waals surface area contributed by atoms with E-state index in [-0.39, 0.29) is 11.9 Å². The average Bonchev–Trinajstić information content (AvgIpc) is 2.94. The van der Waals surface area contributed by atoms with Crippen LogP contribution in [0.5, 0.6) is 0 Å². The molecule has 1 aliphatic rings. The predicted octanol–water partition coefficient (Wildman–Crippen LogP) is 2.08. The number of carbonyl (C=O) groups is 1. The van der Waals surface area contributed by atoms with E-state index in [1.54, 1.807) is 10.9 Å². The van der Waals surface area contributed by atoms with Gasteiger partial charge in [-0.05, 0) is 41.3 Å². The molecule has 5 nitrogen and oxygen atoms in total. The van der Waals surface area contributed by atoms with E-state index in [2.05, 4.69) is 38.3 Å². The number of aromatic nitrogens is 2. The van der Waals surface area contributed by atoms with Gasteiger partial charge in [0.1, 0.15) is 6.04 Å². The number of carbonyl (C=O) groups excluding carboxylic acids is 1. The second-order valence-electron chi connectivity index (χ2n) is 4.35. The predicted molar refractivity (Wildman–Crippen MR) is 81.3 cm³/mol. The van der Waals surface area contributed by atoms with Crippen molar-refractivity contribution in [2.45, 2.75) is 13.0 Å². The molecule has 0 bridgehead atoms. The molecule has 0 spiro atoms. The maximum Gasteiger partial charge on any atom is 0.246 e. The van der Waals surface area contributed by atoms with Gasteiger partial charge >= 0.3 is 0 Å². The van der Waals surface area contributed by atoms with Crippen LogP contribution in [-0.4, -0.2) is 22.2 Å². The van der Waals surface area contributed by atoms with Crippen LogP contribution in [0.3, 0.4) is 0 Å². The van der Waals surface area contributed by atoms with Crippen LogP contribution in [-0.2, 0) is 4.79 Å². The van der Waals surface area contributed by atoms with Crippen molar-refractivity contribution in [3.8, 4) is 5.69 Å². The first-order valence-electron chi connectivity index (χ1n) is 6.08. The number of nitrogens with one attached hydrogen (secondary N) is 2. The number of rotatable bonds is 3. The minimum absolute atomic E-state index is 0.00375. The zero-order valence-electron chi connectivity index (χ0n) is 10.4. The molecular weight excluding hydrogens is 355 g/mol. The lowest BCUT2D eigenvalue weighted by molar-refractivity contribution is -0.117. The van der Waals surface area contributed by atoms with Crippen LogP contribution in [0.15, 0.2) is 30.6 Å². The van der Waals surface area contributed by atoms with Crippen molar-refractivity contribution < 1.29 is 4.79 Å². The van der Waals surface area contributed by atoms with Crippen molar-refractivity contribution in [3.63, 3.8) is 0 Å². The van der Waals surface area contributed by atoms with Crippen LogP contribution in [0.25, 0.3) is 5.69 Å². The van der Waals surface area contributed by atoms with Gasteiger partial charge in [-0.3, -0.25) is 4.79 Å². The van der Waals surface area contributed by atoms with E-state index in [4.69, 9.17) is 0 Å². The van der Waals surface area contributed by atoms with Gasteiger partial charge in [0, 0.05) is 17.4 Å². The molecule has 98 valence electrons. The lowest BCUT2D eigenvalue weighted by Gasteiger charge is -2.09. The number of benzene rings is 1. The van der Waals surface area contributed by atoms with Crippen LogP contribution in [0, 0.1) is 3.57 Å². The molecule has 1 aromatic carbocycles. The van der Waals surface area contributed by atoms with Gasteiger partial charge in [-0.25, -0.2) is 4.68 Å². The van der Waals surface area contributed by atoms with Crippen molar-refractivity contribution in [1.82, 2.24) is 15.1 Å². The zero-order chi connectivity index (χ0) is 13.4. The summed E-state index contributed by atoms with van der Waals surface area (Å²) >= 11 is 2.22. The molecule has 0 saturated carbocycles. The average molecular weight is 368 g/mol. The third kappa shape index (κ3) is 2.25. The Hall–Kier alpha value is -1.41. The molecule has 1 atom stereocenters. The van der Waals surface area contributed by atoms with E-state index in [0.29, 0.717) is 0 Å². The molecule has 2 N–H and O–H groups in total. The fourth-order valence-corrected chi connectivity index (χ4v) is 2.63. The van der Waals surface area contributed by atoms with Crippen molar-refractivity contribution in [3.05, 3.63) is 39.7 Å². The summed E-state index contributed by atoms with van der Waals surface area (Å²) in [7, 11) is 0. The van der Waals surface area contributed by atoms with E-state index in [1.807, 2.05) is 31.3 Å². The fourth-order valence-electron chi connectivity index (χ4n) is 2.24. The third-order valence-electron chi connectivity index (χ3n) is 3.09. The summed E-state index contributed by atoms with van der Waals surface area (Å²) in [6, 6.07) is 5.66. The molecule has 1 aliphatic heterocycles. The number of fused-ring (bicyclic) bond motifs is 1. The highest BCUT2D eigenvalue weighted by atomic mass is 127. The molecule has 2 aromatic rings. The molecule has 2 heterocycles. The first-order valence-corrected chi connectivity index (χ1v) is 7.15. The highest BCUT2D eigenvalue weighted by molar-refractivity contribution is 14.1. The molecule has 0 radical (unpaired) electrons. The molecule has 1 unspecified atom stereocenters. The highest BCUT2D eigenvalue weighted by Crippen LogP contribution is 2.32. The number of nitrogens with zero attached hydrogens (tertiary/aromatic N) is 2. The molecule has 6 heteroatoms. The Balaban J connectivity index is 1.98. The summed E-state index contributed by atoms with van der Waals surface area (Å²) in [5.41, 5.74) is 2.80. The summed E-state index contributed by atoms with van der Waals surface area (Å²) in [6.07, 6.45) is 3.74. The highest BCUT2D eigenvalue weighted by Gasteiger charge is 2.29. The van der Waals surface area contributed by atoms with Crippen molar-refractivity contribution >= 4 is 34.2 Å². The quantitative estimate of drug-likeness (QED) is 0.816. The van der Waals surface area contributed by atoms with Crippen molar-refractivity contribution in [1.29, 1.82) is 0 Å². The maximum absolute atomic E-state index is 11.9. The fraction of sp³-hybridized carbons (Fsp3) is 0.231. The number of anilines is 1. The summed E-state index contributed by atoms with van der Waals surface area (Å²) < 4.78 is 2.88. The van der Waals surface area contributed by atoms with Gasteiger partial charge in [-0.1, -0.05) is 13.0 Å². The van der Waals surface area contributed by atoms with Gasteiger partial charge in [-0.2, -0.15) is 5.10 Å². The summed E-state index contributed by atoms with van der Waals surface area (Å²) in [4.78, 5) is 11.9. The number of likely N-dealkylation sites (N-methyl/N-ethyl adjacent to an activating group) is 1. The first-order chi connectivity index (χ1) is 9.19. The molecule has 3 rings (SSSR count). The number of amides is 1. The summed E-state index contributed by atoms with van der Waals surface area (Å²) in [5.74, 6) is 0.00375. The van der Waals surface area contributed by atoms with E-state index in [1.165, 1.54) is 0 Å². The smallest absolute Gasteiger partial charge is 0.246 e. The first kappa shape index (κ1) is 12.6. The molecular formula is C13H13IN4O. The molecule has 1 amide bonds. The van der Waals surface area contributed by atoms with Crippen LogP contribution < -0.4 is 10.6 Å². The van der Waals surface area contributed by atoms with Crippen LogP contribution in [0.4, 0.5) is 5.69 Å². The molecule has 0 fully saturated rings. The van der Waals surface area contributed by atoms with Gasteiger partial charge in [0.25, 0.3) is 0 Å². The second-order valence-corrected chi connectivity index (χ2v) is 5.60. The Morgan fingerprint density at radius 1 is 1.53 bits per heavy atom. The zero-order valence-corrected chi connectivity index (χ0v) is 12.5. The number of halogens is 1. The SMILES string of the molecule is CCNC1C(=O)Nc2cc(-n3cc(I)cn3)ccc21. The third-order valence-corrected chi connectivity index (χ3v) is 3.65.